The zero-order valence-corrected chi connectivity index (χ0v) is 17.5. The van der Waals surface area contributed by atoms with Crippen LogP contribution >= 0.6 is 23.2 Å². The van der Waals surface area contributed by atoms with Gasteiger partial charge in [0.2, 0.25) is 0 Å². The summed E-state index contributed by atoms with van der Waals surface area (Å²) in [7, 11) is 0.787. The van der Waals surface area contributed by atoms with E-state index in [-0.39, 0.29) is 23.0 Å². The molecule has 2 fully saturated rings. The lowest BCUT2D eigenvalue weighted by Crippen LogP contribution is -2.49. The molecule has 0 amide bonds. The van der Waals surface area contributed by atoms with Gasteiger partial charge in [0.25, 0.3) is 0 Å². The number of hydrogen-bond acceptors (Lipinski definition) is 5. The molecule has 1 saturated heterocycles. The highest BCUT2D eigenvalue weighted by Crippen LogP contribution is 2.51. The van der Waals surface area contributed by atoms with E-state index in [2.05, 4.69) is 9.80 Å². The van der Waals surface area contributed by atoms with Gasteiger partial charge < -0.3 is 10.0 Å². The average molecular weight is 421 g/mol. The van der Waals surface area contributed by atoms with Crippen LogP contribution in [0.5, 0.6) is 0 Å². The molecule has 0 bridgehead atoms. The maximum atomic E-state index is 12.0. The SMILES string of the molecule is CN(C)CCN(CC1(c2ccc(Cl)cc2Cl)CC1)[C@H]1CS(=O)(=O)C[C@H]1O. The van der Waals surface area contributed by atoms with E-state index in [0.717, 1.165) is 24.9 Å². The first-order valence-corrected chi connectivity index (χ1v) is 11.4. The van der Waals surface area contributed by atoms with Crippen molar-refractivity contribution in [2.75, 3.05) is 45.2 Å². The second-order valence-electron chi connectivity index (χ2n) is 7.89. The van der Waals surface area contributed by atoms with Crippen molar-refractivity contribution < 1.29 is 13.5 Å². The molecule has 8 heteroatoms. The van der Waals surface area contributed by atoms with Gasteiger partial charge in [0.05, 0.1) is 23.7 Å². The van der Waals surface area contributed by atoms with Crippen LogP contribution in [0.1, 0.15) is 18.4 Å². The zero-order valence-electron chi connectivity index (χ0n) is 15.2. The van der Waals surface area contributed by atoms with Crippen LogP contribution in [0.4, 0.5) is 0 Å². The van der Waals surface area contributed by atoms with Crippen molar-refractivity contribution >= 4 is 33.0 Å². The summed E-state index contributed by atoms with van der Waals surface area (Å²) in [6, 6.07) is 5.23. The third kappa shape index (κ3) is 4.54. The first-order valence-electron chi connectivity index (χ1n) is 8.85. The van der Waals surface area contributed by atoms with Crippen LogP contribution in [0.3, 0.4) is 0 Å². The topological polar surface area (TPSA) is 60.9 Å². The molecule has 3 rings (SSSR count). The Labute approximate surface area is 165 Å². The lowest BCUT2D eigenvalue weighted by Gasteiger charge is -2.34. The molecule has 0 radical (unpaired) electrons. The standard InChI is InChI=1S/C18H26Cl2N2O3S/c1-21(2)7-8-22(16-10-26(24,25)11-17(16)23)12-18(5-6-18)14-4-3-13(19)9-15(14)20/h3-4,9,16-17,23H,5-8,10-12H2,1-2H3/t16-,17+/m0/s1. The molecule has 1 saturated carbocycles. The average Bonchev–Trinajstić information content (AvgIpc) is 3.23. The van der Waals surface area contributed by atoms with Crippen molar-refractivity contribution in [2.45, 2.75) is 30.4 Å². The predicted molar refractivity (Wildman–Crippen MR) is 106 cm³/mol. The number of sulfone groups is 1. The molecule has 1 heterocycles. The van der Waals surface area contributed by atoms with Crippen LogP contribution in [0.15, 0.2) is 18.2 Å². The van der Waals surface area contributed by atoms with Crippen LogP contribution in [0.25, 0.3) is 0 Å². The van der Waals surface area contributed by atoms with Gasteiger partial charge in [-0.2, -0.15) is 0 Å². The molecule has 0 spiro atoms. The number of aliphatic hydroxyl groups is 1. The Morgan fingerprint density at radius 2 is 1.88 bits per heavy atom. The molecule has 5 nitrogen and oxygen atoms in total. The van der Waals surface area contributed by atoms with E-state index < -0.39 is 15.9 Å². The fourth-order valence-electron chi connectivity index (χ4n) is 3.82. The van der Waals surface area contributed by atoms with Crippen molar-refractivity contribution in [2.24, 2.45) is 0 Å². The van der Waals surface area contributed by atoms with Crippen molar-refractivity contribution in [1.29, 1.82) is 0 Å². The van der Waals surface area contributed by atoms with E-state index in [4.69, 9.17) is 23.2 Å². The van der Waals surface area contributed by atoms with E-state index in [1.165, 1.54) is 0 Å². The number of likely N-dealkylation sites (N-methyl/N-ethyl adjacent to an activating group) is 1. The second-order valence-corrected chi connectivity index (χ2v) is 10.9. The molecule has 1 aliphatic heterocycles. The highest BCUT2D eigenvalue weighted by atomic mass is 35.5. The zero-order chi connectivity index (χ0) is 19.1. The molecular weight excluding hydrogens is 395 g/mol. The number of nitrogens with zero attached hydrogens (tertiary/aromatic N) is 2. The Kier molecular flexibility index (Phi) is 5.93. The third-order valence-electron chi connectivity index (χ3n) is 5.46. The minimum Gasteiger partial charge on any atom is -0.390 e. The highest BCUT2D eigenvalue weighted by molar-refractivity contribution is 7.91. The summed E-state index contributed by atoms with van der Waals surface area (Å²) in [6.45, 7) is 2.20. The predicted octanol–water partition coefficient (Wildman–Crippen LogP) is 2.05. The minimum atomic E-state index is -3.19. The molecule has 146 valence electrons. The molecule has 1 aliphatic carbocycles. The summed E-state index contributed by atoms with van der Waals surface area (Å²) in [5.74, 6) is -0.128. The van der Waals surface area contributed by atoms with Crippen LogP contribution in [0.2, 0.25) is 10.0 Å². The summed E-state index contributed by atoms with van der Waals surface area (Å²) >= 11 is 12.5. The van der Waals surface area contributed by atoms with Gasteiger partial charge in [-0.25, -0.2) is 8.42 Å². The summed E-state index contributed by atoms with van der Waals surface area (Å²) in [4.78, 5) is 4.21. The fraction of sp³-hybridized carbons (Fsp3) is 0.667. The van der Waals surface area contributed by atoms with Gasteiger partial charge in [0.15, 0.2) is 9.84 Å². The van der Waals surface area contributed by atoms with E-state index in [0.29, 0.717) is 23.1 Å². The largest absolute Gasteiger partial charge is 0.390 e. The number of halogens is 2. The second kappa shape index (κ2) is 7.57. The van der Waals surface area contributed by atoms with Gasteiger partial charge in [-0.15, -0.1) is 0 Å². The lowest BCUT2D eigenvalue weighted by molar-refractivity contribution is 0.0720. The quantitative estimate of drug-likeness (QED) is 0.730. The van der Waals surface area contributed by atoms with Gasteiger partial charge in [0.1, 0.15) is 0 Å². The monoisotopic (exact) mass is 420 g/mol. The Hall–Kier alpha value is -0.370. The van der Waals surface area contributed by atoms with Crippen molar-refractivity contribution in [3.8, 4) is 0 Å². The smallest absolute Gasteiger partial charge is 0.154 e. The normalized spacial score (nSPS) is 26.6. The molecule has 0 aromatic heterocycles. The van der Waals surface area contributed by atoms with E-state index >= 15 is 0 Å². The van der Waals surface area contributed by atoms with E-state index in [1.807, 2.05) is 26.2 Å². The number of aliphatic hydroxyl groups excluding tert-OH is 1. The summed E-state index contributed by atoms with van der Waals surface area (Å²) in [5.41, 5.74) is 0.980. The van der Waals surface area contributed by atoms with Gasteiger partial charge >= 0.3 is 0 Å². The van der Waals surface area contributed by atoms with Crippen LogP contribution in [-0.4, -0.2) is 80.7 Å². The lowest BCUT2D eigenvalue weighted by atomic mass is 9.94. The minimum absolute atomic E-state index is 0.0199. The molecule has 1 aromatic rings. The number of hydrogen-bond donors (Lipinski definition) is 1. The Bertz CT molecular complexity index is 766. The summed E-state index contributed by atoms with van der Waals surface area (Å²) in [6.07, 6.45) is 1.17. The van der Waals surface area contributed by atoms with Crippen LogP contribution in [-0.2, 0) is 15.3 Å². The van der Waals surface area contributed by atoms with Crippen molar-refractivity contribution in [3.05, 3.63) is 33.8 Å². The molecule has 1 N–H and O–H groups in total. The molecular formula is C18H26Cl2N2O3S. The van der Waals surface area contributed by atoms with Gasteiger partial charge in [-0.1, -0.05) is 29.3 Å². The number of benzene rings is 1. The van der Waals surface area contributed by atoms with Crippen molar-refractivity contribution in [3.63, 3.8) is 0 Å². The van der Waals surface area contributed by atoms with Gasteiger partial charge in [-0.05, 0) is 44.6 Å². The fourth-order valence-corrected chi connectivity index (χ4v) is 6.26. The Morgan fingerprint density at radius 1 is 1.19 bits per heavy atom. The highest BCUT2D eigenvalue weighted by Gasteiger charge is 2.49. The number of rotatable bonds is 7. The summed E-state index contributed by atoms with van der Waals surface area (Å²) < 4.78 is 24.0. The molecule has 2 aliphatic rings. The van der Waals surface area contributed by atoms with E-state index in [1.54, 1.807) is 6.07 Å². The van der Waals surface area contributed by atoms with E-state index in [9.17, 15) is 13.5 Å². The first-order chi connectivity index (χ1) is 12.1. The third-order valence-corrected chi connectivity index (χ3v) is 7.71. The van der Waals surface area contributed by atoms with Crippen molar-refractivity contribution in [1.82, 2.24) is 9.80 Å². The molecule has 2 atom stereocenters. The molecule has 26 heavy (non-hydrogen) atoms. The first kappa shape index (κ1) is 20.4. The van der Waals surface area contributed by atoms with Crippen LogP contribution < -0.4 is 0 Å². The molecule has 1 aromatic carbocycles. The summed E-state index contributed by atoms with van der Waals surface area (Å²) in [5, 5.41) is 11.6. The maximum Gasteiger partial charge on any atom is 0.154 e. The molecule has 0 unspecified atom stereocenters. The Morgan fingerprint density at radius 3 is 2.38 bits per heavy atom. The Balaban J connectivity index is 1.83. The van der Waals surface area contributed by atoms with Gasteiger partial charge in [-0.3, -0.25) is 4.90 Å². The van der Waals surface area contributed by atoms with Gasteiger partial charge in [0, 0.05) is 35.1 Å². The van der Waals surface area contributed by atoms with Crippen LogP contribution in [0, 0.1) is 0 Å². The maximum absolute atomic E-state index is 12.0.